The van der Waals surface area contributed by atoms with Gasteiger partial charge >= 0.3 is 0 Å². The van der Waals surface area contributed by atoms with E-state index in [0.717, 1.165) is 54.6 Å². The van der Waals surface area contributed by atoms with Crippen LogP contribution in [0.5, 0.6) is 5.75 Å². The lowest BCUT2D eigenvalue weighted by Gasteiger charge is -2.32. The monoisotopic (exact) mass is 456 g/mol. The molecule has 31 heavy (non-hydrogen) atoms. The van der Waals surface area contributed by atoms with Crippen molar-refractivity contribution in [2.24, 2.45) is 0 Å². The highest BCUT2D eigenvalue weighted by molar-refractivity contribution is 7.09. The van der Waals surface area contributed by atoms with Crippen LogP contribution in [0.4, 0.5) is 0 Å². The van der Waals surface area contributed by atoms with E-state index >= 15 is 0 Å². The maximum absolute atomic E-state index is 12.5. The molecule has 0 spiro atoms. The summed E-state index contributed by atoms with van der Waals surface area (Å²) in [5.74, 6) is 0.770. The molecule has 0 bridgehead atoms. The zero-order chi connectivity index (χ0) is 21.5. The van der Waals surface area contributed by atoms with Gasteiger partial charge in [0.2, 0.25) is 5.91 Å². The van der Waals surface area contributed by atoms with E-state index in [0.29, 0.717) is 18.1 Å². The average molecular weight is 457 g/mol. The number of nitrogens with one attached hydrogen (secondary N) is 1. The highest BCUT2D eigenvalue weighted by Gasteiger charge is 2.21. The van der Waals surface area contributed by atoms with Crippen molar-refractivity contribution in [1.29, 1.82) is 0 Å². The molecule has 0 saturated carbocycles. The number of thiazole rings is 1. The first-order valence-corrected chi connectivity index (χ1v) is 11.6. The van der Waals surface area contributed by atoms with E-state index in [1.54, 1.807) is 12.1 Å². The molecule has 1 fully saturated rings. The quantitative estimate of drug-likeness (QED) is 0.552. The van der Waals surface area contributed by atoms with Crippen LogP contribution < -0.4 is 10.1 Å². The predicted octanol–water partition coefficient (Wildman–Crippen LogP) is 4.09. The Morgan fingerprint density at radius 1 is 1.16 bits per heavy atom. The number of carbonyl (C=O) groups excluding carboxylic acids is 1. The van der Waals surface area contributed by atoms with Gasteiger partial charge in [-0.1, -0.05) is 17.7 Å². The van der Waals surface area contributed by atoms with Crippen molar-refractivity contribution in [3.05, 3.63) is 75.5 Å². The molecule has 1 aromatic carbocycles. The van der Waals surface area contributed by atoms with E-state index in [2.05, 4.69) is 26.3 Å². The lowest BCUT2D eigenvalue weighted by atomic mass is 10.0. The number of aromatic nitrogens is 2. The van der Waals surface area contributed by atoms with Crippen LogP contribution >= 0.6 is 22.9 Å². The van der Waals surface area contributed by atoms with Gasteiger partial charge in [0.15, 0.2) is 0 Å². The maximum atomic E-state index is 12.5. The molecule has 4 rings (SSSR count). The third-order valence-electron chi connectivity index (χ3n) is 5.18. The van der Waals surface area contributed by atoms with E-state index in [-0.39, 0.29) is 11.9 Å². The first-order valence-electron chi connectivity index (χ1n) is 10.4. The molecule has 1 saturated heterocycles. The van der Waals surface area contributed by atoms with Gasteiger partial charge in [-0.2, -0.15) is 0 Å². The summed E-state index contributed by atoms with van der Waals surface area (Å²) in [6.45, 7) is 3.17. The van der Waals surface area contributed by atoms with E-state index in [9.17, 15) is 4.79 Å². The van der Waals surface area contributed by atoms with Crippen molar-refractivity contribution >= 4 is 28.8 Å². The third-order valence-corrected chi connectivity index (χ3v) is 6.30. The summed E-state index contributed by atoms with van der Waals surface area (Å²) in [6.07, 6.45) is 4.03. The number of piperidine rings is 1. The number of hydrogen-bond acceptors (Lipinski definition) is 6. The molecule has 6 nitrogen and oxygen atoms in total. The molecule has 0 unspecified atom stereocenters. The Labute approximate surface area is 191 Å². The van der Waals surface area contributed by atoms with Crippen LogP contribution in [0.2, 0.25) is 5.02 Å². The fourth-order valence-electron chi connectivity index (χ4n) is 3.57. The van der Waals surface area contributed by atoms with Gasteiger partial charge in [0, 0.05) is 42.3 Å². The van der Waals surface area contributed by atoms with Crippen molar-refractivity contribution in [1.82, 2.24) is 20.2 Å². The SMILES string of the molecule is O=C(Cc1csc(COc2ccc(Cl)cc2)n1)NC1CCN(Cc2ccccn2)CC1. The number of amides is 1. The van der Waals surface area contributed by atoms with Crippen molar-refractivity contribution in [2.45, 2.75) is 38.5 Å². The number of halogens is 1. The minimum absolute atomic E-state index is 0.0265. The number of hydrogen-bond donors (Lipinski definition) is 1. The summed E-state index contributed by atoms with van der Waals surface area (Å²) in [6, 6.07) is 13.5. The highest BCUT2D eigenvalue weighted by Crippen LogP contribution is 2.19. The van der Waals surface area contributed by atoms with Gasteiger partial charge in [-0.25, -0.2) is 4.98 Å². The summed E-state index contributed by atoms with van der Waals surface area (Å²) in [4.78, 5) is 23.8. The molecule has 0 radical (unpaired) electrons. The molecule has 1 aliphatic heterocycles. The van der Waals surface area contributed by atoms with Crippen LogP contribution in [0.1, 0.15) is 29.2 Å². The number of nitrogens with zero attached hydrogens (tertiary/aromatic N) is 3. The van der Waals surface area contributed by atoms with Crippen LogP contribution in [-0.2, 0) is 24.4 Å². The van der Waals surface area contributed by atoms with Crippen LogP contribution in [0.25, 0.3) is 0 Å². The number of pyridine rings is 1. The molecule has 3 aromatic rings. The predicted molar refractivity (Wildman–Crippen MR) is 122 cm³/mol. The Hall–Kier alpha value is -2.48. The summed E-state index contributed by atoms with van der Waals surface area (Å²) in [5.41, 5.74) is 1.87. The Morgan fingerprint density at radius 3 is 2.71 bits per heavy atom. The molecule has 1 amide bonds. The van der Waals surface area contributed by atoms with Gasteiger partial charge in [-0.15, -0.1) is 11.3 Å². The zero-order valence-electron chi connectivity index (χ0n) is 17.2. The van der Waals surface area contributed by atoms with Crippen LogP contribution in [0.15, 0.2) is 54.0 Å². The van der Waals surface area contributed by atoms with Crippen molar-refractivity contribution in [3.8, 4) is 5.75 Å². The van der Waals surface area contributed by atoms with E-state index in [1.165, 1.54) is 11.3 Å². The smallest absolute Gasteiger partial charge is 0.226 e. The zero-order valence-corrected chi connectivity index (χ0v) is 18.7. The molecule has 1 N–H and O–H groups in total. The van der Waals surface area contributed by atoms with Gasteiger partial charge in [0.25, 0.3) is 0 Å². The molecule has 0 aliphatic carbocycles. The second-order valence-electron chi connectivity index (χ2n) is 7.59. The normalized spacial score (nSPS) is 15.0. The minimum Gasteiger partial charge on any atom is -0.486 e. The number of ether oxygens (including phenoxy) is 1. The lowest BCUT2D eigenvalue weighted by Crippen LogP contribution is -2.44. The Kier molecular flexibility index (Phi) is 7.51. The van der Waals surface area contributed by atoms with E-state index in [1.807, 2.05) is 35.8 Å². The van der Waals surface area contributed by atoms with Gasteiger partial charge in [-0.05, 0) is 49.2 Å². The molecule has 8 heteroatoms. The Morgan fingerprint density at radius 2 is 1.97 bits per heavy atom. The first-order chi connectivity index (χ1) is 15.1. The molecular weight excluding hydrogens is 432 g/mol. The third kappa shape index (κ3) is 6.75. The van der Waals surface area contributed by atoms with Crippen molar-refractivity contribution < 1.29 is 9.53 Å². The van der Waals surface area contributed by atoms with Crippen LogP contribution in [0.3, 0.4) is 0 Å². The standard InChI is InChI=1S/C23H25ClN4O2S/c24-17-4-6-21(7-5-17)30-15-23-27-20(16-31-23)13-22(29)26-18-8-11-28(12-9-18)14-19-3-1-2-10-25-19/h1-7,10,16,18H,8-9,11-15H2,(H,26,29). The highest BCUT2D eigenvalue weighted by atomic mass is 35.5. The van der Waals surface area contributed by atoms with Crippen molar-refractivity contribution in [3.63, 3.8) is 0 Å². The van der Waals surface area contributed by atoms with Gasteiger partial charge in [-0.3, -0.25) is 14.7 Å². The van der Waals surface area contributed by atoms with Gasteiger partial charge < -0.3 is 10.1 Å². The molecule has 1 aliphatic rings. The second kappa shape index (κ2) is 10.7. The number of carbonyl (C=O) groups is 1. The molecule has 162 valence electrons. The lowest BCUT2D eigenvalue weighted by molar-refractivity contribution is -0.121. The number of benzene rings is 1. The van der Waals surface area contributed by atoms with Gasteiger partial charge in [0.05, 0.1) is 17.8 Å². The second-order valence-corrected chi connectivity index (χ2v) is 8.97. The fraction of sp³-hybridized carbons (Fsp3) is 0.348. The topological polar surface area (TPSA) is 67.3 Å². The fourth-order valence-corrected chi connectivity index (χ4v) is 4.40. The molecular formula is C23H25ClN4O2S. The largest absolute Gasteiger partial charge is 0.486 e. The molecule has 0 atom stereocenters. The summed E-state index contributed by atoms with van der Waals surface area (Å²) < 4.78 is 5.72. The van der Waals surface area contributed by atoms with Crippen LogP contribution in [-0.4, -0.2) is 39.9 Å². The summed E-state index contributed by atoms with van der Waals surface area (Å²) >= 11 is 7.39. The van der Waals surface area contributed by atoms with E-state index in [4.69, 9.17) is 16.3 Å². The van der Waals surface area contributed by atoms with E-state index < -0.39 is 0 Å². The summed E-state index contributed by atoms with van der Waals surface area (Å²) in [7, 11) is 0. The van der Waals surface area contributed by atoms with Crippen LogP contribution in [0, 0.1) is 0 Å². The minimum atomic E-state index is 0.0265. The maximum Gasteiger partial charge on any atom is 0.226 e. The average Bonchev–Trinajstić information content (AvgIpc) is 3.22. The Bertz CT molecular complexity index is 973. The van der Waals surface area contributed by atoms with Crippen molar-refractivity contribution in [2.75, 3.05) is 13.1 Å². The Balaban J connectivity index is 1.18. The van der Waals surface area contributed by atoms with Gasteiger partial charge in [0.1, 0.15) is 17.4 Å². The molecule has 3 heterocycles. The molecule has 2 aromatic heterocycles. The number of rotatable bonds is 8. The first kappa shape index (κ1) is 21.7. The number of likely N-dealkylation sites (tertiary alicyclic amines) is 1. The summed E-state index contributed by atoms with van der Waals surface area (Å²) in [5, 5.41) is 6.61.